The summed E-state index contributed by atoms with van der Waals surface area (Å²) in [5.41, 5.74) is 0.220. The highest BCUT2D eigenvalue weighted by Crippen LogP contribution is 2.36. The number of ether oxygens (including phenoxy) is 1. The number of rotatable bonds is 2. The molecule has 21 heavy (non-hydrogen) atoms. The van der Waals surface area contributed by atoms with Gasteiger partial charge in [-0.3, -0.25) is 4.90 Å². The van der Waals surface area contributed by atoms with Gasteiger partial charge in [0.1, 0.15) is 0 Å². The maximum absolute atomic E-state index is 6.21. The SMILES string of the molecule is CCN1CCN(C2COC3(CCNCC3)C2)CC1.[Cl-].[Cl-].[Cl-]. The van der Waals surface area contributed by atoms with E-state index in [1.165, 1.54) is 52.0 Å². The molecular formula is C14H27Cl3N3O-3. The van der Waals surface area contributed by atoms with Gasteiger partial charge in [-0.2, -0.15) is 0 Å². The Bertz CT molecular complexity index is 283. The lowest BCUT2D eigenvalue weighted by Crippen LogP contribution is -3.00. The molecule has 3 saturated heterocycles. The molecule has 0 bridgehead atoms. The highest BCUT2D eigenvalue weighted by molar-refractivity contribution is 4.96. The van der Waals surface area contributed by atoms with Crippen molar-refractivity contribution in [1.82, 2.24) is 15.1 Å². The van der Waals surface area contributed by atoms with Crippen molar-refractivity contribution in [3.63, 3.8) is 0 Å². The Morgan fingerprint density at radius 1 is 1.05 bits per heavy atom. The van der Waals surface area contributed by atoms with Gasteiger partial charge < -0.3 is 52.2 Å². The summed E-state index contributed by atoms with van der Waals surface area (Å²) in [4.78, 5) is 5.22. The van der Waals surface area contributed by atoms with Gasteiger partial charge in [-0.25, -0.2) is 0 Å². The highest BCUT2D eigenvalue weighted by Gasteiger charge is 2.43. The smallest absolute Gasteiger partial charge is 0.0723 e. The molecule has 7 heteroatoms. The van der Waals surface area contributed by atoms with Crippen molar-refractivity contribution in [3.05, 3.63) is 0 Å². The van der Waals surface area contributed by atoms with Gasteiger partial charge in [0.05, 0.1) is 12.2 Å². The van der Waals surface area contributed by atoms with Gasteiger partial charge in [0.2, 0.25) is 0 Å². The molecule has 0 amide bonds. The third-order valence-electron chi connectivity index (χ3n) is 5.07. The molecule has 1 atom stereocenters. The van der Waals surface area contributed by atoms with Gasteiger partial charge in [-0.15, -0.1) is 0 Å². The molecule has 3 rings (SSSR count). The fraction of sp³-hybridized carbons (Fsp3) is 1.00. The molecule has 3 fully saturated rings. The average Bonchev–Trinajstić information content (AvgIpc) is 2.83. The number of likely N-dealkylation sites (N-methyl/N-ethyl adjacent to an activating group) is 1. The van der Waals surface area contributed by atoms with Crippen LogP contribution in [0.3, 0.4) is 0 Å². The molecular weight excluding hydrogens is 333 g/mol. The van der Waals surface area contributed by atoms with Crippen molar-refractivity contribution in [2.24, 2.45) is 0 Å². The van der Waals surface area contributed by atoms with Crippen LogP contribution in [-0.4, -0.2) is 73.9 Å². The second-order valence-electron chi connectivity index (χ2n) is 6.07. The van der Waals surface area contributed by atoms with E-state index in [0.717, 1.165) is 19.7 Å². The number of halogens is 3. The van der Waals surface area contributed by atoms with Crippen molar-refractivity contribution in [1.29, 1.82) is 0 Å². The molecule has 0 aromatic rings. The minimum Gasteiger partial charge on any atom is -1.00 e. The number of nitrogens with zero attached hydrogens (tertiary/aromatic N) is 2. The van der Waals surface area contributed by atoms with Crippen LogP contribution in [0.1, 0.15) is 26.2 Å². The van der Waals surface area contributed by atoms with Gasteiger partial charge in [-0.1, -0.05) is 6.92 Å². The molecule has 0 saturated carbocycles. The van der Waals surface area contributed by atoms with E-state index >= 15 is 0 Å². The fourth-order valence-electron chi connectivity index (χ4n) is 3.73. The van der Waals surface area contributed by atoms with E-state index in [2.05, 4.69) is 22.0 Å². The zero-order valence-corrected chi connectivity index (χ0v) is 15.1. The lowest BCUT2D eigenvalue weighted by Gasteiger charge is -2.38. The third kappa shape index (κ3) is 5.10. The quantitative estimate of drug-likeness (QED) is 0.530. The summed E-state index contributed by atoms with van der Waals surface area (Å²) in [5, 5.41) is 3.44. The van der Waals surface area contributed by atoms with Crippen LogP contribution in [-0.2, 0) is 4.74 Å². The molecule has 4 nitrogen and oxygen atoms in total. The summed E-state index contributed by atoms with van der Waals surface area (Å²) in [6, 6.07) is 0.683. The fourth-order valence-corrected chi connectivity index (χ4v) is 3.73. The molecule has 3 aliphatic rings. The third-order valence-corrected chi connectivity index (χ3v) is 5.07. The molecule has 128 valence electrons. The van der Waals surface area contributed by atoms with Crippen LogP contribution in [0.2, 0.25) is 0 Å². The van der Waals surface area contributed by atoms with Crippen molar-refractivity contribution in [3.8, 4) is 0 Å². The van der Waals surface area contributed by atoms with Crippen molar-refractivity contribution >= 4 is 0 Å². The molecule has 3 aliphatic heterocycles. The number of hydrogen-bond acceptors (Lipinski definition) is 4. The van der Waals surface area contributed by atoms with E-state index in [1.54, 1.807) is 0 Å². The zero-order chi connectivity index (χ0) is 12.4. The molecule has 1 N–H and O–H groups in total. The lowest BCUT2D eigenvalue weighted by atomic mass is 9.88. The van der Waals surface area contributed by atoms with Gasteiger partial charge in [0.15, 0.2) is 0 Å². The Hall–Kier alpha value is 0.710. The van der Waals surface area contributed by atoms with Crippen LogP contribution in [0.15, 0.2) is 0 Å². The van der Waals surface area contributed by atoms with Crippen molar-refractivity contribution in [2.45, 2.75) is 37.8 Å². The van der Waals surface area contributed by atoms with E-state index in [0.29, 0.717) is 6.04 Å². The number of hydrogen-bond donors (Lipinski definition) is 1. The maximum Gasteiger partial charge on any atom is 0.0723 e. The van der Waals surface area contributed by atoms with Crippen LogP contribution in [0, 0.1) is 0 Å². The second kappa shape index (κ2) is 9.76. The summed E-state index contributed by atoms with van der Waals surface area (Å²) in [7, 11) is 0. The van der Waals surface area contributed by atoms with Gasteiger partial charge in [0.25, 0.3) is 0 Å². The Balaban J connectivity index is 0.00000133. The van der Waals surface area contributed by atoms with Crippen LogP contribution in [0.5, 0.6) is 0 Å². The first-order valence-electron chi connectivity index (χ1n) is 7.62. The highest BCUT2D eigenvalue weighted by atomic mass is 35.5. The number of nitrogens with one attached hydrogen (secondary N) is 1. The summed E-state index contributed by atoms with van der Waals surface area (Å²) < 4.78 is 6.21. The largest absolute Gasteiger partial charge is 1.00 e. The number of piperidine rings is 1. The van der Waals surface area contributed by atoms with E-state index < -0.39 is 0 Å². The Kier molecular flexibility index (Phi) is 10.1. The first-order chi connectivity index (χ1) is 8.81. The predicted octanol–water partition coefficient (Wildman–Crippen LogP) is -8.45. The van der Waals surface area contributed by atoms with Crippen molar-refractivity contribution < 1.29 is 42.0 Å². The predicted molar refractivity (Wildman–Crippen MR) is 72.9 cm³/mol. The van der Waals surface area contributed by atoms with Crippen LogP contribution in [0.4, 0.5) is 0 Å². The van der Waals surface area contributed by atoms with E-state index in [9.17, 15) is 0 Å². The first-order valence-corrected chi connectivity index (χ1v) is 7.62. The van der Waals surface area contributed by atoms with E-state index in [4.69, 9.17) is 4.74 Å². The first kappa shape index (κ1) is 21.7. The molecule has 0 aliphatic carbocycles. The Morgan fingerprint density at radius 3 is 2.24 bits per heavy atom. The van der Waals surface area contributed by atoms with Crippen LogP contribution in [0.25, 0.3) is 0 Å². The van der Waals surface area contributed by atoms with Crippen LogP contribution < -0.4 is 42.5 Å². The van der Waals surface area contributed by atoms with Crippen molar-refractivity contribution in [2.75, 3.05) is 52.4 Å². The van der Waals surface area contributed by atoms with Gasteiger partial charge in [0, 0.05) is 32.2 Å². The molecule has 3 heterocycles. The maximum atomic E-state index is 6.21. The monoisotopic (exact) mass is 358 g/mol. The minimum atomic E-state index is 0. The van der Waals surface area contributed by atoms with Gasteiger partial charge >= 0.3 is 0 Å². The minimum absolute atomic E-state index is 0. The average molecular weight is 360 g/mol. The summed E-state index contributed by atoms with van der Waals surface area (Å²) in [6.45, 7) is 11.6. The van der Waals surface area contributed by atoms with Gasteiger partial charge in [-0.05, 0) is 38.9 Å². The zero-order valence-electron chi connectivity index (χ0n) is 12.8. The number of piperazine rings is 1. The molecule has 0 aromatic carbocycles. The van der Waals surface area contributed by atoms with E-state index in [-0.39, 0.29) is 42.8 Å². The molecule has 0 aromatic heterocycles. The Morgan fingerprint density at radius 2 is 1.67 bits per heavy atom. The molecule has 1 spiro atoms. The summed E-state index contributed by atoms with van der Waals surface area (Å²) in [5.74, 6) is 0. The summed E-state index contributed by atoms with van der Waals surface area (Å²) >= 11 is 0. The topological polar surface area (TPSA) is 27.7 Å². The lowest BCUT2D eigenvalue weighted by molar-refractivity contribution is -0.0206. The summed E-state index contributed by atoms with van der Waals surface area (Å²) in [6.07, 6.45) is 3.68. The molecule has 0 radical (unpaired) electrons. The van der Waals surface area contributed by atoms with E-state index in [1.807, 2.05) is 0 Å². The Labute approximate surface area is 147 Å². The standard InChI is InChI=1S/C14H27N3O.3ClH/c1-2-16-7-9-17(10-8-16)13-11-14(18-12-13)3-5-15-6-4-14;;;/h13,15H,2-12H2,1H3;3*1H/p-3. The molecule has 1 unspecified atom stereocenters. The normalized spacial score (nSPS) is 29.3. The van der Waals surface area contributed by atoms with Crippen LogP contribution >= 0.6 is 0 Å². The second-order valence-corrected chi connectivity index (χ2v) is 6.07.